The van der Waals surface area contributed by atoms with Crippen molar-refractivity contribution in [3.05, 3.63) is 65.5 Å². The van der Waals surface area contributed by atoms with Crippen LogP contribution in [0.4, 0.5) is 10.1 Å². The molecule has 0 fully saturated rings. The van der Waals surface area contributed by atoms with Crippen molar-refractivity contribution in [3.8, 4) is 5.88 Å². The highest BCUT2D eigenvalue weighted by atomic mass is 19.1. The Hall–Kier alpha value is -2.62. The number of ether oxygens (including phenoxy) is 1. The van der Waals surface area contributed by atoms with E-state index in [2.05, 4.69) is 34.6 Å². The van der Waals surface area contributed by atoms with Crippen LogP contribution in [0.2, 0.25) is 0 Å². The van der Waals surface area contributed by atoms with Crippen LogP contribution in [-0.2, 0) is 12.8 Å². The first-order chi connectivity index (χ1) is 12.3. The molecular formula is C21H21FN2O. The molecule has 3 aromatic rings. The van der Waals surface area contributed by atoms with Crippen molar-refractivity contribution < 1.29 is 9.13 Å². The standard InChI is InChI=1S/C21H21FN2O/c22-17-11-4-12-18-19(17)20(16-10-6-14-25-21(16)24-18)23-13-5-9-15-7-2-1-3-8-15/h1-4,7-8,11-12H,5-6,9-10,13-14H2,(H,23,24). The van der Waals surface area contributed by atoms with Gasteiger partial charge in [0.05, 0.1) is 23.2 Å². The minimum atomic E-state index is -0.232. The molecule has 25 heavy (non-hydrogen) atoms. The van der Waals surface area contributed by atoms with Crippen LogP contribution < -0.4 is 10.1 Å². The summed E-state index contributed by atoms with van der Waals surface area (Å²) in [4.78, 5) is 4.51. The molecule has 4 heteroatoms. The first-order valence-electron chi connectivity index (χ1n) is 8.84. The van der Waals surface area contributed by atoms with E-state index in [0.717, 1.165) is 43.5 Å². The molecule has 2 heterocycles. The summed E-state index contributed by atoms with van der Waals surface area (Å²) < 4.78 is 20.2. The molecule has 1 aliphatic rings. The molecule has 1 aromatic heterocycles. The summed E-state index contributed by atoms with van der Waals surface area (Å²) in [5.41, 5.74) is 3.82. The van der Waals surface area contributed by atoms with Gasteiger partial charge in [-0.15, -0.1) is 0 Å². The second-order valence-corrected chi connectivity index (χ2v) is 6.37. The van der Waals surface area contributed by atoms with Crippen molar-refractivity contribution >= 4 is 16.6 Å². The second-order valence-electron chi connectivity index (χ2n) is 6.37. The van der Waals surface area contributed by atoms with Crippen LogP contribution >= 0.6 is 0 Å². The lowest BCUT2D eigenvalue weighted by molar-refractivity contribution is 0.278. The highest BCUT2D eigenvalue weighted by Crippen LogP contribution is 2.36. The van der Waals surface area contributed by atoms with Crippen LogP contribution in [0.15, 0.2) is 48.5 Å². The van der Waals surface area contributed by atoms with Gasteiger partial charge in [0, 0.05) is 12.1 Å². The Bertz CT molecular complexity index is 880. The third-order valence-electron chi connectivity index (χ3n) is 4.62. The topological polar surface area (TPSA) is 34.2 Å². The maximum atomic E-state index is 14.5. The molecule has 4 rings (SSSR count). The van der Waals surface area contributed by atoms with E-state index in [1.807, 2.05) is 12.1 Å². The molecular weight excluding hydrogens is 315 g/mol. The Morgan fingerprint density at radius 2 is 1.96 bits per heavy atom. The quantitative estimate of drug-likeness (QED) is 0.683. The zero-order chi connectivity index (χ0) is 17.1. The molecule has 0 spiro atoms. The van der Waals surface area contributed by atoms with Crippen LogP contribution in [0.3, 0.4) is 0 Å². The van der Waals surface area contributed by atoms with Crippen LogP contribution in [0.5, 0.6) is 5.88 Å². The Balaban J connectivity index is 1.59. The number of aryl methyl sites for hydroxylation is 1. The van der Waals surface area contributed by atoms with E-state index < -0.39 is 0 Å². The van der Waals surface area contributed by atoms with Gasteiger partial charge in [0.2, 0.25) is 5.88 Å². The average molecular weight is 336 g/mol. The van der Waals surface area contributed by atoms with E-state index in [9.17, 15) is 4.39 Å². The third-order valence-corrected chi connectivity index (χ3v) is 4.62. The number of halogens is 1. The summed E-state index contributed by atoms with van der Waals surface area (Å²) in [6.07, 6.45) is 3.79. The Kier molecular flexibility index (Phi) is 4.51. The summed E-state index contributed by atoms with van der Waals surface area (Å²) in [6.45, 7) is 1.46. The SMILES string of the molecule is Fc1cccc2nc3c(c(NCCCc4ccccc4)c12)CCCO3. The third kappa shape index (κ3) is 3.29. The molecule has 0 atom stereocenters. The van der Waals surface area contributed by atoms with Gasteiger partial charge in [-0.05, 0) is 43.4 Å². The zero-order valence-corrected chi connectivity index (χ0v) is 14.1. The van der Waals surface area contributed by atoms with Crippen molar-refractivity contribution in [2.45, 2.75) is 25.7 Å². The smallest absolute Gasteiger partial charge is 0.219 e. The van der Waals surface area contributed by atoms with Crippen molar-refractivity contribution in [3.63, 3.8) is 0 Å². The fourth-order valence-electron chi connectivity index (χ4n) is 3.40. The summed E-state index contributed by atoms with van der Waals surface area (Å²) in [7, 11) is 0. The lowest BCUT2D eigenvalue weighted by Crippen LogP contribution is -2.14. The molecule has 0 radical (unpaired) electrons. The maximum Gasteiger partial charge on any atom is 0.219 e. The monoisotopic (exact) mass is 336 g/mol. The van der Waals surface area contributed by atoms with E-state index in [4.69, 9.17) is 4.74 Å². The highest BCUT2D eigenvalue weighted by molar-refractivity contribution is 5.94. The predicted octanol–water partition coefficient (Wildman–Crippen LogP) is 4.74. The number of benzene rings is 2. The molecule has 2 aromatic carbocycles. The normalized spacial score (nSPS) is 13.3. The number of nitrogens with one attached hydrogen (secondary N) is 1. The number of fused-ring (bicyclic) bond motifs is 2. The molecule has 0 amide bonds. The first-order valence-corrected chi connectivity index (χ1v) is 8.84. The number of pyridine rings is 1. The molecule has 0 unspecified atom stereocenters. The molecule has 128 valence electrons. The largest absolute Gasteiger partial charge is 0.477 e. The summed E-state index contributed by atoms with van der Waals surface area (Å²) in [5.74, 6) is 0.416. The zero-order valence-electron chi connectivity index (χ0n) is 14.1. The summed E-state index contributed by atoms with van der Waals surface area (Å²) in [6, 6.07) is 15.4. The van der Waals surface area contributed by atoms with Crippen LogP contribution in [-0.4, -0.2) is 18.1 Å². The number of anilines is 1. The minimum Gasteiger partial charge on any atom is -0.477 e. The van der Waals surface area contributed by atoms with Crippen LogP contribution in [0.25, 0.3) is 10.9 Å². The van der Waals surface area contributed by atoms with E-state index in [-0.39, 0.29) is 5.82 Å². The van der Waals surface area contributed by atoms with Crippen LogP contribution in [0.1, 0.15) is 24.0 Å². The van der Waals surface area contributed by atoms with E-state index in [1.165, 1.54) is 11.6 Å². The molecule has 0 aliphatic carbocycles. The van der Waals surface area contributed by atoms with Crippen molar-refractivity contribution in [2.75, 3.05) is 18.5 Å². The molecule has 1 aliphatic heterocycles. The number of aromatic nitrogens is 1. The highest BCUT2D eigenvalue weighted by Gasteiger charge is 2.21. The number of hydrogen-bond acceptors (Lipinski definition) is 3. The fourth-order valence-corrected chi connectivity index (χ4v) is 3.40. The number of nitrogens with zero attached hydrogens (tertiary/aromatic N) is 1. The molecule has 1 N–H and O–H groups in total. The molecule has 0 saturated carbocycles. The van der Waals surface area contributed by atoms with Gasteiger partial charge in [0.1, 0.15) is 5.82 Å². The molecule has 0 bridgehead atoms. The maximum absolute atomic E-state index is 14.5. The van der Waals surface area contributed by atoms with E-state index in [1.54, 1.807) is 6.07 Å². The minimum absolute atomic E-state index is 0.232. The van der Waals surface area contributed by atoms with Crippen molar-refractivity contribution in [1.82, 2.24) is 4.98 Å². The fraction of sp³-hybridized carbons (Fsp3) is 0.286. The number of rotatable bonds is 5. The average Bonchev–Trinajstić information content (AvgIpc) is 2.65. The van der Waals surface area contributed by atoms with Gasteiger partial charge < -0.3 is 10.1 Å². The van der Waals surface area contributed by atoms with Gasteiger partial charge in [-0.3, -0.25) is 0 Å². The predicted molar refractivity (Wildman–Crippen MR) is 98.8 cm³/mol. The molecule has 0 saturated heterocycles. The lowest BCUT2D eigenvalue weighted by Gasteiger charge is -2.22. The number of hydrogen-bond donors (Lipinski definition) is 1. The Labute approximate surface area is 146 Å². The Morgan fingerprint density at radius 3 is 2.84 bits per heavy atom. The van der Waals surface area contributed by atoms with Crippen molar-refractivity contribution in [2.24, 2.45) is 0 Å². The Morgan fingerprint density at radius 1 is 1.08 bits per heavy atom. The van der Waals surface area contributed by atoms with Gasteiger partial charge in [0.25, 0.3) is 0 Å². The lowest BCUT2D eigenvalue weighted by atomic mass is 10.0. The van der Waals surface area contributed by atoms with Gasteiger partial charge >= 0.3 is 0 Å². The van der Waals surface area contributed by atoms with Crippen LogP contribution in [0, 0.1) is 5.82 Å². The van der Waals surface area contributed by atoms with Gasteiger partial charge in [-0.2, -0.15) is 0 Å². The molecule has 3 nitrogen and oxygen atoms in total. The van der Waals surface area contributed by atoms with Crippen molar-refractivity contribution in [1.29, 1.82) is 0 Å². The summed E-state index contributed by atoms with van der Waals surface area (Å²) >= 11 is 0. The van der Waals surface area contributed by atoms with E-state index in [0.29, 0.717) is 23.4 Å². The van der Waals surface area contributed by atoms with Gasteiger partial charge in [-0.1, -0.05) is 36.4 Å². The summed E-state index contributed by atoms with van der Waals surface area (Å²) in [5, 5.41) is 4.04. The van der Waals surface area contributed by atoms with E-state index >= 15 is 0 Å². The van der Waals surface area contributed by atoms with Gasteiger partial charge in [-0.25, -0.2) is 9.37 Å². The first kappa shape index (κ1) is 15.9. The van der Waals surface area contributed by atoms with Gasteiger partial charge in [0.15, 0.2) is 0 Å². The second kappa shape index (κ2) is 7.09.